The summed E-state index contributed by atoms with van der Waals surface area (Å²) in [6, 6.07) is 22.1. The van der Waals surface area contributed by atoms with Gasteiger partial charge in [-0.3, -0.25) is 4.90 Å². The van der Waals surface area contributed by atoms with Gasteiger partial charge in [0, 0.05) is 28.9 Å². The topological polar surface area (TPSA) is 72.7 Å². The number of ether oxygens (including phenoxy) is 2. The summed E-state index contributed by atoms with van der Waals surface area (Å²) < 4.78 is 30.9. The van der Waals surface area contributed by atoms with Crippen LogP contribution in [0.1, 0.15) is 11.3 Å². The Morgan fingerprint density at radius 1 is 1.05 bits per heavy atom. The number of nitrogens with one attached hydrogen (secondary N) is 1. The number of anilines is 2. The van der Waals surface area contributed by atoms with Crippen LogP contribution in [0.3, 0.4) is 0 Å². The van der Waals surface area contributed by atoms with E-state index in [1.165, 1.54) is 18.5 Å². The van der Waals surface area contributed by atoms with E-state index in [1.807, 2.05) is 36.4 Å². The number of fused-ring (bicyclic) bond motifs is 1. The minimum atomic E-state index is -0.306. The minimum Gasteiger partial charge on any atom is -0.487 e. The molecule has 10 heteroatoms. The van der Waals surface area contributed by atoms with E-state index >= 15 is 0 Å². The smallest absolute Gasteiger partial charge is 0.141 e. The molecule has 1 saturated heterocycles. The van der Waals surface area contributed by atoms with E-state index in [1.54, 1.807) is 24.3 Å². The van der Waals surface area contributed by atoms with Gasteiger partial charge < -0.3 is 19.2 Å². The number of thiol groups is 1. The summed E-state index contributed by atoms with van der Waals surface area (Å²) in [4.78, 5) is 11.3. The molecule has 0 radical (unpaired) electrons. The van der Waals surface area contributed by atoms with Crippen molar-refractivity contribution in [2.75, 3.05) is 30.8 Å². The maximum absolute atomic E-state index is 13.5. The predicted molar refractivity (Wildman–Crippen MR) is 162 cm³/mol. The van der Waals surface area contributed by atoms with Crippen molar-refractivity contribution in [1.82, 2.24) is 14.9 Å². The monoisotopic (exact) mass is 590 g/mol. The molecule has 6 rings (SSSR count). The first-order valence-electron chi connectivity index (χ1n) is 13.3. The van der Waals surface area contributed by atoms with Gasteiger partial charge in [-0.15, -0.1) is 0 Å². The number of halogens is 2. The molecule has 1 fully saturated rings. The van der Waals surface area contributed by atoms with Gasteiger partial charge in [-0.1, -0.05) is 23.7 Å². The van der Waals surface area contributed by atoms with E-state index < -0.39 is 0 Å². The summed E-state index contributed by atoms with van der Waals surface area (Å²) >= 11 is 10.9. The molecular weight excluding hydrogens is 563 g/mol. The Labute approximate surface area is 247 Å². The second-order valence-electron chi connectivity index (χ2n) is 9.79. The molecule has 0 unspecified atom stereocenters. The average molecular weight is 591 g/mol. The number of hydrogen-bond donors (Lipinski definition) is 2. The van der Waals surface area contributed by atoms with Crippen molar-refractivity contribution in [1.29, 1.82) is 0 Å². The Bertz CT molecular complexity index is 1660. The van der Waals surface area contributed by atoms with Crippen molar-refractivity contribution in [3.63, 3.8) is 0 Å². The fourth-order valence-corrected chi connectivity index (χ4v) is 5.19. The van der Waals surface area contributed by atoms with E-state index in [0.717, 1.165) is 64.7 Å². The van der Waals surface area contributed by atoms with E-state index in [4.69, 9.17) is 25.5 Å². The molecule has 2 aromatic heterocycles. The highest BCUT2D eigenvalue weighted by Gasteiger charge is 2.26. The van der Waals surface area contributed by atoms with Gasteiger partial charge in [0.25, 0.3) is 0 Å². The lowest BCUT2D eigenvalue weighted by Crippen LogP contribution is -2.49. The highest BCUT2D eigenvalue weighted by Crippen LogP contribution is 2.33. The highest BCUT2D eigenvalue weighted by molar-refractivity contribution is 7.80. The molecule has 3 heterocycles. The maximum atomic E-state index is 13.5. The van der Waals surface area contributed by atoms with Crippen molar-refractivity contribution in [3.8, 4) is 17.1 Å². The third-order valence-electron chi connectivity index (χ3n) is 6.94. The molecule has 210 valence electrons. The first-order chi connectivity index (χ1) is 20.1. The van der Waals surface area contributed by atoms with Gasteiger partial charge in [0.15, 0.2) is 0 Å². The van der Waals surface area contributed by atoms with Crippen molar-refractivity contribution >= 4 is 46.6 Å². The molecule has 1 aliphatic heterocycles. The van der Waals surface area contributed by atoms with E-state index in [9.17, 15) is 4.39 Å². The lowest BCUT2D eigenvalue weighted by molar-refractivity contribution is -0.0673. The molecule has 0 spiro atoms. The Kier molecular flexibility index (Phi) is 8.38. The van der Waals surface area contributed by atoms with E-state index in [0.29, 0.717) is 29.2 Å². The van der Waals surface area contributed by atoms with Crippen molar-refractivity contribution in [2.24, 2.45) is 0 Å². The Morgan fingerprint density at radius 3 is 2.73 bits per heavy atom. The molecule has 1 aliphatic rings. The van der Waals surface area contributed by atoms with Gasteiger partial charge in [0.05, 0.1) is 36.3 Å². The molecule has 0 amide bonds. The van der Waals surface area contributed by atoms with Crippen molar-refractivity contribution in [3.05, 3.63) is 101 Å². The molecule has 0 aliphatic carbocycles. The predicted octanol–water partition coefficient (Wildman–Crippen LogP) is 7.14. The number of hydrogen-bond acceptors (Lipinski definition) is 8. The van der Waals surface area contributed by atoms with Crippen LogP contribution in [-0.2, 0) is 17.9 Å². The third-order valence-corrected chi connectivity index (χ3v) is 7.44. The summed E-state index contributed by atoms with van der Waals surface area (Å²) in [5.41, 5.74) is 3.18. The Hall–Kier alpha value is -3.63. The lowest BCUT2D eigenvalue weighted by atomic mass is 10.1. The first kappa shape index (κ1) is 27.5. The Morgan fingerprint density at radius 2 is 1.95 bits per heavy atom. The molecule has 41 heavy (non-hydrogen) atoms. The highest BCUT2D eigenvalue weighted by atomic mass is 35.5. The maximum Gasteiger partial charge on any atom is 0.141 e. The standard InChI is InChI=1S/C31H28ClFN4O3S/c32-27-14-23(5-8-30(27)39-16-20-2-1-3-22(33)12-20)36-31-26-13-21(4-7-28(26)34-19-35-31)29-9-6-25(40-29)15-37(10-11-41)24-17-38-18-24/h1-9,12-14,19,24,41H,10-11,15-18H2,(H,34,35,36). The molecule has 5 aromatic rings. The number of nitrogens with zero attached hydrogens (tertiary/aromatic N) is 3. The normalized spacial score (nSPS) is 13.5. The third kappa shape index (κ3) is 6.49. The number of benzene rings is 3. The summed E-state index contributed by atoms with van der Waals surface area (Å²) in [7, 11) is 0. The fourth-order valence-electron chi connectivity index (χ4n) is 4.70. The molecule has 3 aromatic carbocycles. The van der Waals surface area contributed by atoms with Crippen LogP contribution in [-0.4, -0.2) is 46.4 Å². The van der Waals surface area contributed by atoms with Gasteiger partial charge in [0.2, 0.25) is 0 Å². The second-order valence-corrected chi connectivity index (χ2v) is 10.6. The zero-order valence-corrected chi connectivity index (χ0v) is 23.7. The van der Waals surface area contributed by atoms with Gasteiger partial charge >= 0.3 is 0 Å². The summed E-state index contributed by atoms with van der Waals surface area (Å²) in [5.74, 6) is 3.28. The average Bonchev–Trinajstić information content (AvgIpc) is 3.40. The van der Waals surface area contributed by atoms with Gasteiger partial charge in [-0.05, 0) is 66.2 Å². The summed E-state index contributed by atoms with van der Waals surface area (Å²) in [6.07, 6.45) is 1.52. The summed E-state index contributed by atoms with van der Waals surface area (Å²) in [5, 5.41) is 4.62. The van der Waals surface area contributed by atoms with Gasteiger partial charge in [-0.25, -0.2) is 14.4 Å². The van der Waals surface area contributed by atoms with E-state index in [-0.39, 0.29) is 12.4 Å². The van der Waals surface area contributed by atoms with Gasteiger partial charge in [0.1, 0.15) is 41.8 Å². The molecule has 7 nitrogen and oxygen atoms in total. The van der Waals surface area contributed by atoms with Crippen LogP contribution in [0.15, 0.2) is 83.5 Å². The zero-order chi connectivity index (χ0) is 28.2. The number of furan rings is 1. The van der Waals surface area contributed by atoms with E-state index in [2.05, 4.69) is 32.8 Å². The minimum absolute atomic E-state index is 0.209. The van der Waals surface area contributed by atoms with Crippen LogP contribution in [0.4, 0.5) is 15.9 Å². The Balaban J connectivity index is 1.18. The van der Waals surface area contributed by atoms with Crippen LogP contribution >= 0.6 is 24.2 Å². The molecule has 0 saturated carbocycles. The van der Waals surface area contributed by atoms with Crippen LogP contribution in [0.2, 0.25) is 5.02 Å². The van der Waals surface area contributed by atoms with Crippen molar-refractivity contribution < 1.29 is 18.3 Å². The number of rotatable bonds is 11. The van der Waals surface area contributed by atoms with Crippen molar-refractivity contribution in [2.45, 2.75) is 19.2 Å². The quantitative estimate of drug-likeness (QED) is 0.158. The van der Waals surface area contributed by atoms with Crippen LogP contribution in [0.25, 0.3) is 22.2 Å². The lowest BCUT2D eigenvalue weighted by Gasteiger charge is -2.36. The van der Waals surface area contributed by atoms with Crippen LogP contribution in [0, 0.1) is 5.82 Å². The first-order valence-corrected chi connectivity index (χ1v) is 14.3. The van der Waals surface area contributed by atoms with Crippen LogP contribution in [0.5, 0.6) is 5.75 Å². The molecule has 0 bridgehead atoms. The second kappa shape index (κ2) is 12.5. The zero-order valence-electron chi connectivity index (χ0n) is 22.1. The molecular formula is C31H28ClFN4O3S. The fraction of sp³-hybridized carbons (Fsp3) is 0.226. The van der Waals surface area contributed by atoms with Crippen LogP contribution < -0.4 is 10.1 Å². The van der Waals surface area contributed by atoms with Gasteiger partial charge in [-0.2, -0.15) is 12.6 Å². The molecule has 1 N–H and O–H groups in total. The molecule has 0 atom stereocenters. The number of aromatic nitrogens is 2. The largest absolute Gasteiger partial charge is 0.487 e. The summed E-state index contributed by atoms with van der Waals surface area (Å²) in [6.45, 7) is 3.29. The SMILES string of the molecule is Fc1cccc(COc2ccc(Nc3ncnc4ccc(-c5ccc(CN(CCS)C6COC6)o5)cc34)cc2Cl)c1.